The van der Waals surface area contributed by atoms with Crippen LogP contribution in [-0.4, -0.2) is 17.6 Å². The Kier molecular flexibility index (Phi) is 4.23. The van der Waals surface area contributed by atoms with Gasteiger partial charge in [-0.05, 0) is 17.0 Å². The van der Waals surface area contributed by atoms with Crippen LogP contribution in [0.2, 0.25) is 0 Å². The molecule has 1 heterocycles. The van der Waals surface area contributed by atoms with E-state index >= 15 is 0 Å². The van der Waals surface area contributed by atoms with Gasteiger partial charge in [0.25, 0.3) is 0 Å². The van der Waals surface area contributed by atoms with Crippen molar-refractivity contribution in [3.63, 3.8) is 0 Å². The highest BCUT2D eigenvalue weighted by Crippen LogP contribution is 2.15. The molecule has 0 amide bonds. The number of carbonyl (C=O) groups is 1. The molecule has 0 atom stereocenters. The minimum Gasteiger partial charge on any atom is -0.477 e. The maximum atomic E-state index is 10.7. The van der Waals surface area contributed by atoms with Gasteiger partial charge >= 0.3 is 5.97 Å². The van der Waals surface area contributed by atoms with Crippen molar-refractivity contribution in [3.8, 4) is 11.8 Å². The fourth-order valence-corrected chi connectivity index (χ4v) is 1.57. The molecule has 0 radical (unpaired) electrons. The zero-order chi connectivity index (χ0) is 11.1. The number of azide groups is 1. The van der Waals surface area contributed by atoms with Crippen LogP contribution in [0.4, 0.5) is 0 Å². The van der Waals surface area contributed by atoms with Gasteiger partial charge in [-0.1, -0.05) is 17.0 Å². The molecule has 1 aromatic heterocycles. The summed E-state index contributed by atoms with van der Waals surface area (Å²) < 4.78 is 0. The number of hydrogen-bond donors (Lipinski definition) is 1. The van der Waals surface area contributed by atoms with Crippen molar-refractivity contribution in [2.45, 2.75) is 6.42 Å². The Morgan fingerprint density at radius 3 is 3.20 bits per heavy atom. The van der Waals surface area contributed by atoms with Crippen molar-refractivity contribution >= 4 is 17.3 Å². The molecule has 0 aromatic carbocycles. The predicted molar refractivity (Wildman–Crippen MR) is 56.8 cm³/mol. The summed E-state index contributed by atoms with van der Waals surface area (Å²) in [7, 11) is 0. The second kappa shape index (κ2) is 5.70. The lowest BCUT2D eigenvalue weighted by Gasteiger charge is -1.87. The van der Waals surface area contributed by atoms with E-state index in [-0.39, 0.29) is 4.88 Å². The van der Waals surface area contributed by atoms with Gasteiger partial charge in [-0.15, -0.1) is 11.3 Å². The highest BCUT2D eigenvalue weighted by Gasteiger charge is 2.08. The third kappa shape index (κ3) is 3.35. The quantitative estimate of drug-likeness (QED) is 0.279. The number of rotatable bonds is 3. The standard InChI is InChI=1S/C9H7N3O2S/c10-12-11-5-2-1-3-7-4-6-15-8(7)9(13)14/h4,6H,2,5H2,(H,13,14). The lowest BCUT2D eigenvalue weighted by molar-refractivity contribution is 0.0702. The van der Waals surface area contributed by atoms with Crippen molar-refractivity contribution in [2.24, 2.45) is 5.11 Å². The third-order valence-corrected chi connectivity index (χ3v) is 2.38. The molecule has 0 unspecified atom stereocenters. The first kappa shape index (κ1) is 11.1. The smallest absolute Gasteiger partial charge is 0.347 e. The second-order valence-corrected chi connectivity index (χ2v) is 3.39. The Hall–Kier alpha value is -1.96. The number of aromatic carboxylic acids is 1. The first-order chi connectivity index (χ1) is 7.25. The van der Waals surface area contributed by atoms with Gasteiger partial charge in [-0.3, -0.25) is 0 Å². The SMILES string of the molecule is [N-]=[N+]=NCCC#Cc1ccsc1C(=O)O. The van der Waals surface area contributed by atoms with Crippen LogP contribution in [0.25, 0.3) is 10.4 Å². The van der Waals surface area contributed by atoms with E-state index in [0.29, 0.717) is 18.5 Å². The molecule has 0 aliphatic heterocycles. The van der Waals surface area contributed by atoms with Gasteiger partial charge in [0, 0.05) is 23.4 Å². The first-order valence-electron chi connectivity index (χ1n) is 4.06. The second-order valence-electron chi connectivity index (χ2n) is 2.47. The maximum absolute atomic E-state index is 10.7. The van der Waals surface area contributed by atoms with E-state index in [1.807, 2.05) is 0 Å². The van der Waals surface area contributed by atoms with Crippen molar-refractivity contribution in [3.05, 3.63) is 32.3 Å². The lowest BCUT2D eigenvalue weighted by Crippen LogP contribution is -1.94. The molecule has 76 valence electrons. The van der Waals surface area contributed by atoms with Gasteiger partial charge in [-0.2, -0.15) is 0 Å². The van der Waals surface area contributed by atoms with E-state index in [0.717, 1.165) is 11.3 Å². The van der Waals surface area contributed by atoms with E-state index in [1.54, 1.807) is 11.4 Å². The van der Waals surface area contributed by atoms with Gasteiger partial charge < -0.3 is 5.11 Å². The highest BCUT2D eigenvalue weighted by molar-refractivity contribution is 7.12. The van der Waals surface area contributed by atoms with Gasteiger partial charge in [0.05, 0.1) is 0 Å². The Morgan fingerprint density at radius 2 is 2.53 bits per heavy atom. The van der Waals surface area contributed by atoms with E-state index in [9.17, 15) is 4.79 Å². The van der Waals surface area contributed by atoms with Crippen molar-refractivity contribution in [1.82, 2.24) is 0 Å². The number of carboxylic acids is 1. The van der Waals surface area contributed by atoms with Crippen LogP contribution in [0.5, 0.6) is 0 Å². The fourth-order valence-electron chi connectivity index (χ4n) is 0.882. The number of thiophene rings is 1. The van der Waals surface area contributed by atoms with Crippen molar-refractivity contribution in [1.29, 1.82) is 0 Å². The van der Waals surface area contributed by atoms with Gasteiger partial charge in [0.1, 0.15) is 4.88 Å². The third-order valence-electron chi connectivity index (χ3n) is 1.48. The molecule has 0 saturated carbocycles. The largest absolute Gasteiger partial charge is 0.477 e. The molecule has 0 aliphatic carbocycles. The molecule has 1 aromatic rings. The van der Waals surface area contributed by atoms with Gasteiger partial charge in [0.15, 0.2) is 0 Å². The molecule has 15 heavy (non-hydrogen) atoms. The molecule has 0 spiro atoms. The van der Waals surface area contributed by atoms with Crippen molar-refractivity contribution in [2.75, 3.05) is 6.54 Å². The summed E-state index contributed by atoms with van der Waals surface area (Å²) >= 11 is 1.14. The van der Waals surface area contributed by atoms with Crippen LogP contribution in [-0.2, 0) is 0 Å². The van der Waals surface area contributed by atoms with Crippen LogP contribution >= 0.6 is 11.3 Å². The van der Waals surface area contributed by atoms with E-state index in [1.165, 1.54) is 0 Å². The number of nitrogens with zero attached hydrogens (tertiary/aromatic N) is 3. The number of carboxylic acid groups (broad SMARTS) is 1. The van der Waals surface area contributed by atoms with Gasteiger partial charge in [0.2, 0.25) is 0 Å². The van der Waals surface area contributed by atoms with Crippen LogP contribution in [0.1, 0.15) is 21.7 Å². The molecule has 0 fully saturated rings. The molecular formula is C9H7N3O2S. The Morgan fingerprint density at radius 1 is 1.73 bits per heavy atom. The Balaban J connectivity index is 2.67. The normalized spacial score (nSPS) is 8.53. The summed E-state index contributed by atoms with van der Waals surface area (Å²) in [5, 5.41) is 13.8. The topological polar surface area (TPSA) is 86.1 Å². The predicted octanol–water partition coefficient (Wildman–Crippen LogP) is 2.50. The minimum absolute atomic E-state index is 0.242. The van der Waals surface area contributed by atoms with E-state index < -0.39 is 5.97 Å². The monoisotopic (exact) mass is 221 g/mol. The molecule has 0 aliphatic rings. The summed E-state index contributed by atoms with van der Waals surface area (Å²) in [4.78, 5) is 13.5. The molecule has 1 N–H and O–H groups in total. The average Bonchev–Trinajstić information content (AvgIpc) is 2.66. The zero-order valence-corrected chi connectivity index (χ0v) is 8.49. The van der Waals surface area contributed by atoms with E-state index in [2.05, 4.69) is 21.9 Å². The molecular weight excluding hydrogens is 214 g/mol. The molecule has 5 nitrogen and oxygen atoms in total. The first-order valence-corrected chi connectivity index (χ1v) is 4.94. The maximum Gasteiger partial charge on any atom is 0.347 e. The van der Waals surface area contributed by atoms with Gasteiger partial charge in [-0.25, -0.2) is 4.79 Å². The number of hydrogen-bond acceptors (Lipinski definition) is 3. The van der Waals surface area contributed by atoms with Crippen LogP contribution in [0.3, 0.4) is 0 Å². The average molecular weight is 221 g/mol. The minimum atomic E-state index is -0.968. The summed E-state index contributed by atoms with van der Waals surface area (Å²) in [6, 6.07) is 1.66. The molecule has 0 saturated heterocycles. The van der Waals surface area contributed by atoms with Crippen molar-refractivity contribution < 1.29 is 9.90 Å². The van der Waals surface area contributed by atoms with Crippen LogP contribution in [0.15, 0.2) is 16.6 Å². The summed E-state index contributed by atoms with van der Waals surface area (Å²) in [6.45, 7) is 0.302. The molecule has 1 rings (SSSR count). The lowest BCUT2D eigenvalue weighted by atomic mass is 10.2. The fraction of sp³-hybridized carbons (Fsp3) is 0.222. The summed E-state index contributed by atoms with van der Waals surface area (Å²) in [5.74, 6) is 4.51. The molecule has 0 bridgehead atoms. The molecule has 6 heteroatoms. The van der Waals surface area contributed by atoms with Crippen LogP contribution < -0.4 is 0 Å². The Labute approximate surface area is 90.0 Å². The summed E-state index contributed by atoms with van der Waals surface area (Å²) in [6.07, 6.45) is 0.430. The van der Waals surface area contributed by atoms with Crippen LogP contribution in [0, 0.1) is 11.8 Å². The summed E-state index contributed by atoms with van der Waals surface area (Å²) in [5.41, 5.74) is 8.51. The highest BCUT2D eigenvalue weighted by atomic mass is 32.1. The Bertz CT molecular complexity index is 463. The van der Waals surface area contributed by atoms with E-state index in [4.69, 9.17) is 10.6 Å². The zero-order valence-electron chi connectivity index (χ0n) is 7.67.